The zero-order chi connectivity index (χ0) is 10.2. The lowest BCUT2D eigenvalue weighted by Gasteiger charge is -2.35. The van der Waals surface area contributed by atoms with E-state index in [1.807, 2.05) is 0 Å². The van der Waals surface area contributed by atoms with E-state index in [0.29, 0.717) is 5.92 Å². The van der Waals surface area contributed by atoms with Crippen LogP contribution < -0.4 is 11.1 Å². The Hall–Kier alpha value is -0.570. The summed E-state index contributed by atoms with van der Waals surface area (Å²) in [4.78, 5) is 11.6. The van der Waals surface area contributed by atoms with Gasteiger partial charge in [0.15, 0.2) is 0 Å². The number of hydrogen-bond acceptors (Lipinski definition) is 2. The molecule has 0 heterocycles. The summed E-state index contributed by atoms with van der Waals surface area (Å²) >= 11 is 0. The van der Waals surface area contributed by atoms with Crippen LogP contribution >= 0.6 is 0 Å². The molecule has 0 saturated heterocycles. The van der Waals surface area contributed by atoms with Crippen molar-refractivity contribution in [2.45, 2.75) is 44.6 Å². The van der Waals surface area contributed by atoms with Crippen molar-refractivity contribution in [1.82, 2.24) is 5.32 Å². The number of amides is 1. The molecule has 2 aliphatic carbocycles. The van der Waals surface area contributed by atoms with Gasteiger partial charge in [-0.05, 0) is 44.1 Å². The zero-order valence-corrected chi connectivity index (χ0v) is 8.88. The molecule has 0 aromatic heterocycles. The Morgan fingerprint density at radius 1 is 1.57 bits per heavy atom. The average molecular weight is 196 g/mol. The predicted molar refractivity (Wildman–Crippen MR) is 55.7 cm³/mol. The third-order valence-electron chi connectivity index (χ3n) is 3.98. The molecule has 1 amide bonds. The van der Waals surface area contributed by atoms with E-state index >= 15 is 0 Å². The fourth-order valence-corrected chi connectivity index (χ4v) is 3.28. The molecule has 3 nitrogen and oxygen atoms in total. The van der Waals surface area contributed by atoms with E-state index < -0.39 is 0 Å². The minimum absolute atomic E-state index is 0.127. The average Bonchev–Trinajstić information content (AvgIpc) is 2.74. The first-order chi connectivity index (χ1) is 6.69. The number of nitrogens with one attached hydrogen (secondary N) is 1. The third kappa shape index (κ3) is 1.34. The van der Waals surface area contributed by atoms with Crippen molar-refractivity contribution in [2.24, 2.45) is 17.6 Å². The van der Waals surface area contributed by atoms with Crippen molar-refractivity contribution < 1.29 is 4.79 Å². The summed E-state index contributed by atoms with van der Waals surface area (Å²) < 4.78 is 0. The van der Waals surface area contributed by atoms with Crippen molar-refractivity contribution >= 4 is 5.91 Å². The minimum Gasteiger partial charge on any atom is -0.368 e. The van der Waals surface area contributed by atoms with Crippen LogP contribution in [0.25, 0.3) is 0 Å². The van der Waals surface area contributed by atoms with Crippen molar-refractivity contribution in [3.05, 3.63) is 0 Å². The van der Waals surface area contributed by atoms with Crippen LogP contribution in [0, 0.1) is 11.8 Å². The molecule has 0 aromatic rings. The first-order valence-corrected chi connectivity index (χ1v) is 5.74. The van der Waals surface area contributed by atoms with Crippen LogP contribution in [0.5, 0.6) is 0 Å². The molecule has 3 unspecified atom stereocenters. The van der Waals surface area contributed by atoms with Gasteiger partial charge in [-0.15, -0.1) is 0 Å². The lowest BCUT2D eigenvalue weighted by Crippen LogP contribution is -2.59. The molecule has 2 bridgehead atoms. The van der Waals surface area contributed by atoms with Crippen molar-refractivity contribution in [3.63, 3.8) is 0 Å². The van der Waals surface area contributed by atoms with E-state index in [1.54, 1.807) is 0 Å². The largest absolute Gasteiger partial charge is 0.368 e. The van der Waals surface area contributed by atoms with Crippen LogP contribution in [0.2, 0.25) is 0 Å². The van der Waals surface area contributed by atoms with E-state index in [1.165, 1.54) is 19.3 Å². The van der Waals surface area contributed by atoms with Gasteiger partial charge < -0.3 is 11.1 Å². The molecule has 0 aliphatic heterocycles. The van der Waals surface area contributed by atoms with Crippen LogP contribution in [0.15, 0.2) is 0 Å². The highest BCUT2D eigenvalue weighted by atomic mass is 16.1. The molecule has 2 fully saturated rings. The molecule has 0 radical (unpaired) electrons. The van der Waals surface area contributed by atoms with E-state index in [-0.39, 0.29) is 11.4 Å². The summed E-state index contributed by atoms with van der Waals surface area (Å²) in [6.07, 6.45) is 5.73. The van der Waals surface area contributed by atoms with Gasteiger partial charge in [0, 0.05) is 0 Å². The van der Waals surface area contributed by atoms with Crippen LogP contribution in [-0.4, -0.2) is 18.0 Å². The molecule has 0 aromatic carbocycles. The summed E-state index contributed by atoms with van der Waals surface area (Å²) in [6.45, 7) is 3.03. The highest BCUT2D eigenvalue weighted by Gasteiger charge is 2.54. The van der Waals surface area contributed by atoms with Crippen LogP contribution in [0.4, 0.5) is 0 Å². The lowest BCUT2D eigenvalue weighted by molar-refractivity contribution is -0.126. The Balaban J connectivity index is 2.11. The van der Waals surface area contributed by atoms with Crippen molar-refractivity contribution in [2.75, 3.05) is 6.54 Å². The van der Waals surface area contributed by atoms with Gasteiger partial charge in [-0.25, -0.2) is 0 Å². The molecule has 14 heavy (non-hydrogen) atoms. The van der Waals surface area contributed by atoms with Crippen molar-refractivity contribution in [1.29, 1.82) is 0 Å². The van der Waals surface area contributed by atoms with Crippen LogP contribution in [-0.2, 0) is 4.79 Å². The van der Waals surface area contributed by atoms with Gasteiger partial charge in [-0.3, -0.25) is 4.79 Å². The standard InChI is InChI=1S/C11H20N2O/c1-2-5-13-11(10(12)14)7-8-3-4-9(11)6-8/h8-9,13H,2-7H2,1H3,(H2,12,14). The second kappa shape index (κ2) is 3.54. The number of carbonyl (C=O) groups is 1. The fourth-order valence-electron chi connectivity index (χ4n) is 3.28. The maximum absolute atomic E-state index is 11.6. The molecule has 2 aliphatic rings. The van der Waals surface area contributed by atoms with Gasteiger partial charge in [-0.2, -0.15) is 0 Å². The van der Waals surface area contributed by atoms with Crippen LogP contribution in [0.1, 0.15) is 39.0 Å². The van der Waals surface area contributed by atoms with Gasteiger partial charge >= 0.3 is 0 Å². The SMILES string of the molecule is CCCNC1(C(N)=O)CC2CCC1C2. The van der Waals surface area contributed by atoms with E-state index in [0.717, 1.165) is 25.3 Å². The third-order valence-corrected chi connectivity index (χ3v) is 3.98. The molecular formula is C11H20N2O. The first-order valence-electron chi connectivity index (χ1n) is 5.74. The molecular weight excluding hydrogens is 176 g/mol. The Morgan fingerprint density at radius 3 is 2.79 bits per heavy atom. The summed E-state index contributed by atoms with van der Waals surface area (Å²) in [5.74, 6) is 1.13. The van der Waals surface area contributed by atoms with Crippen molar-refractivity contribution in [3.8, 4) is 0 Å². The van der Waals surface area contributed by atoms with Crippen LogP contribution in [0.3, 0.4) is 0 Å². The molecule has 3 heteroatoms. The number of rotatable bonds is 4. The topological polar surface area (TPSA) is 55.1 Å². The Bertz CT molecular complexity index is 241. The Kier molecular flexibility index (Phi) is 2.52. The Morgan fingerprint density at radius 2 is 2.36 bits per heavy atom. The molecule has 2 rings (SSSR count). The molecule has 3 atom stereocenters. The van der Waals surface area contributed by atoms with Gasteiger partial charge in [0.25, 0.3) is 0 Å². The molecule has 2 saturated carbocycles. The normalized spacial score (nSPS) is 40.4. The summed E-state index contributed by atoms with van der Waals surface area (Å²) in [5.41, 5.74) is 5.21. The first kappa shape index (κ1) is 9.97. The molecule has 80 valence electrons. The van der Waals surface area contributed by atoms with E-state index in [4.69, 9.17) is 5.73 Å². The number of hydrogen-bond donors (Lipinski definition) is 2. The summed E-state index contributed by atoms with van der Waals surface area (Å²) in [5, 5.41) is 3.40. The highest BCUT2D eigenvalue weighted by molar-refractivity contribution is 5.85. The predicted octanol–water partition coefficient (Wildman–Crippen LogP) is 1.03. The van der Waals surface area contributed by atoms with Gasteiger partial charge in [0.05, 0.1) is 0 Å². The summed E-state index contributed by atoms with van der Waals surface area (Å²) in [6, 6.07) is 0. The smallest absolute Gasteiger partial charge is 0.238 e. The number of carbonyl (C=O) groups excluding carboxylic acids is 1. The highest BCUT2D eigenvalue weighted by Crippen LogP contribution is 2.50. The van der Waals surface area contributed by atoms with E-state index in [9.17, 15) is 4.79 Å². The zero-order valence-electron chi connectivity index (χ0n) is 8.88. The maximum atomic E-state index is 11.6. The minimum atomic E-state index is -0.348. The van der Waals surface area contributed by atoms with Gasteiger partial charge in [0.2, 0.25) is 5.91 Å². The number of primary amides is 1. The number of nitrogens with two attached hydrogens (primary N) is 1. The van der Waals surface area contributed by atoms with Gasteiger partial charge in [-0.1, -0.05) is 13.3 Å². The van der Waals surface area contributed by atoms with Gasteiger partial charge in [0.1, 0.15) is 5.54 Å². The second-order valence-electron chi connectivity index (χ2n) is 4.84. The van der Waals surface area contributed by atoms with E-state index in [2.05, 4.69) is 12.2 Å². The Labute approximate surface area is 85.4 Å². The fraction of sp³-hybridized carbons (Fsp3) is 0.909. The number of fused-ring (bicyclic) bond motifs is 2. The molecule has 0 spiro atoms. The monoisotopic (exact) mass is 196 g/mol. The maximum Gasteiger partial charge on any atom is 0.238 e. The lowest BCUT2D eigenvalue weighted by atomic mass is 9.80. The summed E-state index contributed by atoms with van der Waals surface area (Å²) in [7, 11) is 0. The quantitative estimate of drug-likeness (QED) is 0.705. The second-order valence-corrected chi connectivity index (χ2v) is 4.84. The molecule has 3 N–H and O–H groups in total.